The normalized spacial score (nSPS) is 15.5. The van der Waals surface area contributed by atoms with E-state index in [-0.39, 0.29) is 17.5 Å². The molecule has 1 aromatic heterocycles. The van der Waals surface area contributed by atoms with E-state index in [2.05, 4.69) is 8.75 Å². The molecule has 0 atom stereocenters. The molecule has 32 heavy (non-hydrogen) atoms. The third kappa shape index (κ3) is 4.10. The van der Waals surface area contributed by atoms with Gasteiger partial charge in [0, 0.05) is 18.0 Å². The van der Waals surface area contributed by atoms with E-state index in [1.54, 1.807) is 22.5 Å². The summed E-state index contributed by atoms with van der Waals surface area (Å²) < 4.78 is 43.9. The molecule has 0 bridgehead atoms. The van der Waals surface area contributed by atoms with E-state index in [4.69, 9.17) is 4.74 Å². The van der Waals surface area contributed by atoms with Gasteiger partial charge >= 0.3 is 0 Å². The number of rotatable bonds is 7. The first-order chi connectivity index (χ1) is 15.6. The molecule has 0 saturated heterocycles. The topological polar surface area (TPSA) is 72.4 Å². The van der Waals surface area contributed by atoms with Crippen LogP contribution in [0, 0.1) is 0 Å². The van der Waals surface area contributed by atoms with Crippen molar-refractivity contribution in [1.82, 2.24) is 13.1 Å². The van der Waals surface area contributed by atoms with Crippen LogP contribution in [0.3, 0.4) is 0 Å². The maximum atomic E-state index is 13.8. The average Bonchev–Trinajstić information content (AvgIpc) is 3.31. The maximum Gasteiger partial charge on any atom is 0.245 e. The molecule has 5 rings (SSSR count). The van der Waals surface area contributed by atoms with E-state index in [0.717, 1.165) is 60.4 Å². The van der Waals surface area contributed by atoms with Gasteiger partial charge in [0.05, 0.1) is 11.7 Å². The molecule has 4 aromatic rings. The molecule has 1 heterocycles. The Bertz CT molecular complexity index is 1330. The number of benzene rings is 3. The Morgan fingerprint density at radius 2 is 1.72 bits per heavy atom. The summed E-state index contributed by atoms with van der Waals surface area (Å²) in [5, 5.41) is 2.13. The summed E-state index contributed by atoms with van der Waals surface area (Å²) in [6.07, 6.45) is 4.99. The molecule has 8 heteroatoms. The molecule has 0 radical (unpaired) electrons. The van der Waals surface area contributed by atoms with Crippen molar-refractivity contribution >= 4 is 43.6 Å². The number of nitrogens with zero attached hydrogens (tertiary/aromatic N) is 3. The largest absolute Gasteiger partial charge is 0.492 e. The minimum atomic E-state index is -3.74. The monoisotopic (exact) mass is 467 g/mol. The fraction of sp³-hybridized carbons (Fsp3) is 0.333. The Kier molecular flexibility index (Phi) is 6.08. The molecule has 166 valence electrons. The van der Waals surface area contributed by atoms with E-state index in [9.17, 15) is 8.42 Å². The highest BCUT2D eigenvalue weighted by atomic mass is 32.2. The fourth-order valence-corrected chi connectivity index (χ4v) is 6.97. The van der Waals surface area contributed by atoms with Crippen LogP contribution >= 0.6 is 11.7 Å². The molecule has 1 saturated carbocycles. The van der Waals surface area contributed by atoms with Crippen LogP contribution in [0.25, 0.3) is 21.8 Å². The second-order valence-corrected chi connectivity index (χ2v) is 10.5. The van der Waals surface area contributed by atoms with Crippen LogP contribution in [0.2, 0.25) is 0 Å². The zero-order valence-electron chi connectivity index (χ0n) is 17.7. The lowest BCUT2D eigenvalue weighted by Crippen LogP contribution is -2.43. The van der Waals surface area contributed by atoms with Crippen LogP contribution in [0.4, 0.5) is 0 Å². The van der Waals surface area contributed by atoms with Gasteiger partial charge in [-0.2, -0.15) is 13.1 Å². The highest BCUT2D eigenvalue weighted by molar-refractivity contribution is 7.89. The highest BCUT2D eigenvalue weighted by Crippen LogP contribution is 2.31. The lowest BCUT2D eigenvalue weighted by atomic mass is 9.95. The zero-order chi connectivity index (χ0) is 22.0. The van der Waals surface area contributed by atoms with E-state index in [1.165, 1.54) is 0 Å². The zero-order valence-corrected chi connectivity index (χ0v) is 19.3. The number of aromatic nitrogens is 2. The predicted molar refractivity (Wildman–Crippen MR) is 128 cm³/mol. The third-order valence-electron chi connectivity index (χ3n) is 6.14. The lowest BCUT2D eigenvalue weighted by Gasteiger charge is -2.33. The summed E-state index contributed by atoms with van der Waals surface area (Å²) in [7, 11) is -3.74. The van der Waals surface area contributed by atoms with Crippen molar-refractivity contribution in [3.8, 4) is 5.75 Å². The molecular formula is C24H25N3O3S2. The van der Waals surface area contributed by atoms with Gasteiger partial charge in [-0.25, -0.2) is 8.42 Å². The van der Waals surface area contributed by atoms with Crippen molar-refractivity contribution in [2.24, 2.45) is 0 Å². The fourth-order valence-electron chi connectivity index (χ4n) is 4.55. The molecule has 0 amide bonds. The van der Waals surface area contributed by atoms with Gasteiger partial charge in [-0.3, -0.25) is 0 Å². The first-order valence-electron chi connectivity index (χ1n) is 11.0. The van der Waals surface area contributed by atoms with Crippen LogP contribution in [-0.4, -0.2) is 40.7 Å². The van der Waals surface area contributed by atoms with Gasteiger partial charge in [0.2, 0.25) is 10.0 Å². The van der Waals surface area contributed by atoms with Crippen molar-refractivity contribution in [2.45, 2.75) is 43.0 Å². The highest BCUT2D eigenvalue weighted by Gasteiger charge is 2.34. The average molecular weight is 468 g/mol. The molecule has 0 spiro atoms. The van der Waals surface area contributed by atoms with Crippen molar-refractivity contribution in [2.75, 3.05) is 13.2 Å². The summed E-state index contributed by atoms with van der Waals surface area (Å²) in [4.78, 5) is 0.236. The minimum absolute atomic E-state index is 0.0216. The van der Waals surface area contributed by atoms with Gasteiger partial charge in [0.25, 0.3) is 0 Å². The predicted octanol–water partition coefficient (Wildman–Crippen LogP) is 5.25. The Hall–Kier alpha value is -2.55. The Morgan fingerprint density at radius 3 is 2.59 bits per heavy atom. The Labute approximate surface area is 192 Å². The molecule has 0 aliphatic heterocycles. The summed E-state index contributed by atoms with van der Waals surface area (Å²) >= 11 is 1.04. The van der Waals surface area contributed by atoms with Crippen molar-refractivity contribution in [3.05, 3.63) is 60.7 Å². The van der Waals surface area contributed by atoms with Crippen molar-refractivity contribution in [3.63, 3.8) is 0 Å². The van der Waals surface area contributed by atoms with Crippen LogP contribution in [-0.2, 0) is 10.0 Å². The second-order valence-electron chi connectivity index (χ2n) is 8.12. The SMILES string of the molecule is O=S(=O)(c1cccc2nsnc12)N(CCOc1cccc2ccccc12)C1CCCCC1. The van der Waals surface area contributed by atoms with E-state index < -0.39 is 10.0 Å². The van der Waals surface area contributed by atoms with Gasteiger partial charge in [-0.05, 0) is 36.4 Å². The minimum Gasteiger partial charge on any atom is -0.492 e. The van der Waals surface area contributed by atoms with E-state index in [1.807, 2.05) is 42.5 Å². The number of hydrogen-bond donors (Lipinski definition) is 0. The summed E-state index contributed by atoms with van der Waals surface area (Å²) in [5.41, 5.74) is 1.07. The molecule has 0 N–H and O–H groups in total. The lowest BCUT2D eigenvalue weighted by molar-refractivity contribution is 0.211. The van der Waals surface area contributed by atoms with Crippen molar-refractivity contribution < 1.29 is 13.2 Å². The molecule has 0 unspecified atom stereocenters. The standard InChI is InChI=1S/C24H25N3O3S2/c28-32(29,23-15-7-13-21-24(23)26-31-25-21)27(19-10-2-1-3-11-19)16-17-30-22-14-6-9-18-8-4-5-12-20(18)22/h4-9,12-15,19H,1-3,10-11,16-17H2. The molecule has 1 aliphatic rings. The number of sulfonamides is 1. The molecule has 3 aromatic carbocycles. The summed E-state index contributed by atoms with van der Waals surface area (Å²) in [6, 6.07) is 19.1. The molecule has 1 fully saturated rings. The smallest absolute Gasteiger partial charge is 0.245 e. The van der Waals surface area contributed by atoms with Crippen molar-refractivity contribution in [1.29, 1.82) is 0 Å². The molecule has 6 nitrogen and oxygen atoms in total. The number of fused-ring (bicyclic) bond motifs is 2. The van der Waals surface area contributed by atoms with Gasteiger partial charge < -0.3 is 4.74 Å². The summed E-state index contributed by atoms with van der Waals surface area (Å²) in [6.45, 7) is 0.583. The molecule has 1 aliphatic carbocycles. The first kappa shape index (κ1) is 21.3. The van der Waals surface area contributed by atoms with Crippen LogP contribution < -0.4 is 4.74 Å². The Morgan fingerprint density at radius 1 is 0.938 bits per heavy atom. The van der Waals surface area contributed by atoms with Gasteiger partial charge in [0.1, 0.15) is 28.3 Å². The first-order valence-corrected chi connectivity index (χ1v) is 13.2. The number of hydrogen-bond acceptors (Lipinski definition) is 6. The number of ether oxygens (including phenoxy) is 1. The van der Waals surface area contributed by atoms with Gasteiger partial charge in [-0.1, -0.05) is 61.7 Å². The van der Waals surface area contributed by atoms with Crippen LogP contribution in [0.1, 0.15) is 32.1 Å². The van der Waals surface area contributed by atoms with Crippen LogP contribution in [0.15, 0.2) is 65.6 Å². The van der Waals surface area contributed by atoms with E-state index in [0.29, 0.717) is 17.6 Å². The maximum absolute atomic E-state index is 13.8. The summed E-state index contributed by atoms with van der Waals surface area (Å²) in [5.74, 6) is 0.773. The molecular weight excluding hydrogens is 442 g/mol. The van der Waals surface area contributed by atoms with Crippen LogP contribution in [0.5, 0.6) is 5.75 Å². The van der Waals surface area contributed by atoms with E-state index >= 15 is 0 Å². The van der Waals surface area contributed by atoms with Gasteiger partial charge in [0.15, 0.2) is 0 Å². The second kappa shape index (κ2) is 9.13. The third-order valence-corrected chi connectivity index (χ3v) is 8.66. The van der Waals surface area contributed by atoms with Gasteiger partial charge in [-0.15, -0.1) is 0 Å². The quantitative estimate of drug-likeness (QED) is 0.371. The Balaban J connectivity index is 1.43.